The quantitative estimate of drug-likeness (QED) is 0.201. The molecule has 0 heterocycles. The van der Waals surface area contributed by atoms with E-state index in [1.807, 2.05) is 19.1 Å². The number of ketones is 1. The minimum atomic E-state index is 0.101. The van der Waals surface area contributed by atoms with Crippen molar-refractivity contribution in [3.63, 3.8) is 0 Å². The molecule has 0 bridgehead atoms. The Kier molecular flexibility index (Phi) is 4.25. The van der Waals surface area contributed by atoms with E-state index < -0.39 is 0 Å². The van der Waals surface area contributed by atoms with Gasteiger partial charge in [0.2, 0.25) is 0 Å². The minimum absolute atomic E-state index is 0.101. The second-order valence-electron chi connectivity index (χ2n) is 7.55. The number of carbonyl (C=O) groups is 1. The number of rotatable bonds is 2. The highest BCUT2D eigenvalue weighted by Gasteiger charge is 2.14. The van der Waals surface area contributed by atoms with Crippen molar-refractivity contribution >= 4 is 54.0 Å². The van der Waals surface area contributed by atoms with Gasteiger partial charge in [0, 0.05) is 10.0 Å². The molecule has 140 valence electrons. The molecule has 5 aromatic carbocycles. The normalized spacial score (nSPS) is 11.4. The van der Waals surface area contributed by atoms with Crippen LogP contribution < -0.4 is 0 Å². The number of benzene rings is 5. The van der Waals surface area contributed by atoms with Crippen LogP contribution in [0.2, 0.25) is 0 Å². The molecule has 0 atom stereocenters. The van der Waals surface area contributed by atoms with E-state index in [4.69, 9.17) is 0 Å². The van der Waals surface area contributed by atoms with Crippen molar-refractivity contribution in [2.24, 2.45) is 0 Å². The van der Waals surface area contributed by atoms with Crippen molar-refractivity contribution in [3.8, 4) is 11.1 Å². The van der Waals surface area contributed by atoms with E-state index in [1.165, 1.54) is 32.3 Å². The summed E-state index contributed by atoms with van der Waals surface area (Å²) in [5.74, 6) is 0.101. The Bertz CT molecular complexity index is 1450. The van der Waals surface area contributed by atoms with E-state index >= 15 is 0 Å². The second kappa shape index (κ2) is 6.82. The lowest BCUT2D eigenvalue weighted by molar-refractivity contribution is 0.101. The summed E-state index contributed by atoms with van der Waals surface area (Å²) in [4.78, 5) is 12.1. The predicted octanol–water partition coefficient (Wildman–Crippen LogP) is 8.09. The molecule has 0 aromatic heterocycles. The molecule has 0 amide bonds. The van der Waals surface area contributed by atoms with Gasteiger partial charge in [-0.1, -0.05) is 76.6 Å². The molecule has 5 rings (SSSR count). The van der Waals surface area contributed by atoms with E-state index in [0.29, 0.717) is 0 Å². The highest BCUT2D eigenvalue weighted by Crippen LogP contribution is 2.40. The Hall–Kier alpha value is -2.97. The fourth-order valence-electron chi connectivity index (χ4n) is 4.31. The smallest absolute Gasteiger partial charge is 0.160 e. The van der Waals surface area contributed by atoms with E-state index in [2.05, 4.69) is 82.7 Å². The van der Waals surface area contributed by atoms with Crippen LogP contribution in [0.1, 0.15) is 22.8 Å². The van der Waals surface area contributed by atoms with Gasteiger partial charge in [0.1, 0.15) is 0 Å². The molecule has 0 spiro atoms. The highest BCUT2D eigenvalue weighted by molar-refractivity contribution is 9.10. The molecule has 2 heteroatoms. The topological polar surface area (TPSA) is 17.1 Å². The van der Waals surface area contributed by atoms with Crippen LogP contribution in [0.3, 0.4) is 0 Å². The van der Waals surface area contributed by atoms with Crippen molar-refractivity contribution in [3.05, 3.63) is 94.5 Å². The molecule has 0 unspecified atom stereocenters. The fraction of sp³-hybridized carbons (Fsp3) is 0.0741. The fourth-order valence-corrected chi connectivity index (χ4v) is 4.89. The highest BCUT2D eigenvalue weighted by atomic mass is 79.9. The Morgan fingerprint density at radius 1 is 0.690 bits per heavy atom. The van der Waals surface area contributed by atoms with Crippen LogP contribution in [-0.2, 0) is 0 Å². The lowest BCUT2D eigenvalue weighted by atomic mass is 9.89. The summed E-state index contributed by atoms with van der Waals surface area (Å²) in [6.45, 7) is 3.62. The summed E-state index contributed by atoms with van der Waals surface area (Å²) in [6, 6.07) is 27.7. The predicted molar refractivity (Wildman–Crippen MR) is 127 cm³/mol. The lowest BCUT2D eigenvalue weighted by Crippen LogP contribution is -1.96. The zero-order valence-electron chi connectivity index (χ0n) is 16.3. The largest absolute Gasteiger partial charge is 0.295 e. The van der Waals surface area contributed by atoms with Crippen LogP contribution >= 0.6 is 15.9 Å². The zero-order valence-corrected chi connectivity index (χ0v) is 17.9. The SMILES string of the molecule is CC(=O)c1cc(-c2cc3c4ccccc4c(Br)cc3c3ccccc23)ccc1C. The van der Waals surface area contributed by atoms with E-state index in [1.54, 1.807) is 6.92 Å². The maximum atomic E-state index is 12.1. The van der Waals surface area contributed by atoms with Crippen molar-refractivity contribution < 1.29 is 4.79 Å². The molecule has 0 radical (unpaired) electrons. The third-order valence-electron chi connectivity index (χ3n) is 5.76. The first-order chi connectivity index (χ1) is 14.0. The first-order valence-electron chi connectivity index (χ1n) is 9.69. The van der Waals surface area contributed by atoms with E-state index in [-0.39, 0.29) is 5.78 Å². The van der Waals surface area contributed by atoms with Crippen LogP contribution in [0.5, 0.6) is 0 Å². The Morgan fingerprint density at radius 2 is 1.28 bits per heavy atom. The van der Waals surface area contributed by atoms with Gasteiger partial charge in [-0.05, 0) is 81.1 Å². The van der Waals surface area contributed by atoms with Crippen LogP contribution in [0.4, 0.5) is 0 Å². The van der Waals surface area contributed by atoms with Gasteiger partial charge in [-0.15, -0.1) is 0 Å². The van der Waals surface area contributed by atoms with Gasteiger partial charge in [-0.2, -0.15) is 0 Å². The lowest BCUT2D eigenvalue weighted by Gasteiger charge is -2.15. The summed E-state index contributed by atoms with van der Waals surface area (Å²) in [5.41, 5.74) is 4.03. The second-order valence-corrected chi connectivity index (χ2v) is 8.41. The molecule has 0 aliphatic rings. The number of Topliss-reactive ketones (excluding diaryl/α,β-unsaturated/α-hetero) is 1. The molecule has 0 fully saturated rings. The van der Waals surface area contributed by atoms with Crippen molar-refractivity contribution in [1.82, 2.24) is 0 Å². The standard InChI is InChI=1S/C27H19BrO/c1-16-11-12-18(13-23(16)17(2)29)24-14-25-21-9-5-6-10-22(21)27(28)15-26(25)20-8-4-3-7-19(20)24/h3-15H,1-2H3. The van der Waals surface area contributed by atoms with Gasteiger partial charge in [0.25, 0.3) is 0 Å². The first-order valence-corrected chi connectivity index (χ1v) is 10.5. The molecule has 0 saturated heterocycles. The summed E-state index contributed by atoms with van der Waals surface area (Å²) in [5, 5.41) is 7.30. The Balaban J connectivity index is 1.96. The maximum absolute atomic E-state index is 12.1. The van der Waals surface area contributed by atoms with Crippen LogP contribution in [0, 0.1) is 6.92 Å². The zero-order chi connectivity index (χ0) is 20.1. The van der Waals surface area contributed by atoms with E-state index in [0.717, 1.165) is 26.7 Å². The van der Waals surface area contributed by atoms with Gasteiger partial charge >= 0.3 is 0 Å². The van der Waals surface area contributed by atoms with Crippen molar-refractivity contribution in [1.29, 1.82) is 0 Å². The van der Waals surface area contributed by atoms with E-state index in [9.17, 15) is 4.79 Å². The first kappa shape index (κ1) is 18.1. The monoisotopic (exact) mass is 438 g/mol. The third-order valence-corrected chi connectivity index (χ3v) is 6.42. The van der Waals surface area contributed by atoms with Gasteiger partial charge in [0.05, 0.1) is 0 Å². The molecule has 29 heavy (non-hydrogen) atoms. The molecular formula is C27H19BrO. The summed E-state index contributed by atoms with van der Waals surface area (Å²) in [6.07, 6.45) is 0. The third kappa shape index (κ3) is 2.87. The number of aryl methyl sites for hydroxylation is 1. The molecule has 0 saturated carbocycles. The Labute approximate surface area is 178 Å². The van der Waals surface area contributed by atoms with Crippen LogP contribution in [0.15, 0.2) is 83.3 Å². The van der Waals surface area contributed by atoms with Crippen LogP contribution in [0.25, 0.3) is 43.4 Å². The molecule has 5 aromatic rings. The molecule has 0 N–H and O–H groups in total. The molecular weight excluding hydrogens is 420 g/mol. The van der Waals surface area contributed by atoms with Gasteiger partial charge in [-0.25, -0.2) is 0 Å². The average Bonchev–Trinajstić information content (AvgIpc) is 2.74. The Morgan fingerprint density at radius 3 is 1.97 bits per heavy atom. The van der Waals surface area contributed by atoms with Gasteiger partial charge in [-0.3, -0.25) is 4.79 Å². The summed E-state index contributed by atoms with van der Waals surface area (Å²) in [7, 11) is 0. The number of carbonyl (C=O) groups excluding carboxylic acids is 1. The number of hydrogen-bond donors (Lipinski definition) is 0. The molecule has 1 nitrogen and oxygen atoms in total. The van der Waals surface area contributed by atoms with Gasteiger partial charge in [0.15, 0.2) is 5.78 Å². The number of hydrogen-bond acceptors (Lipinski definition) is 1. The number of halogens is 1. The molecule has 0 aliphatic heterocycles. The maximum Gasteiger partial charge on any atom is 0.160 e. The minimum Gasteiger partial charge on any atom is -0.295 e. The van der Waals surface area contributed by atoms with Gasteiger partial charge < -0.3 is 0 Å². The number of fused-ring (bicyclic) bond motifs is 5. The summed E-state index contributed by atoms with van der Waals surface area (Å²) >= 11 is 3.76. The summed E-state index contributed by atoms with van der Waals surface area (Å²) < 4.78 is 1.10. The van der Waals surface area contributed by atoms with Crippen molar-refractivity contribution in [2.45, 2.75) is 13.8 Å². The van der Waals surface area contributed by atoms with Crippen molar-refractivity contribution in [2.75, 3.05) is 0 Å². The molecule has 0 aliphatic carbocycles. The average molecular weight is 439 g/mol. The van der Waals surface area contributed by atoms with Crippen LogP contribution in [-0.4, -0.2) is 5.78 Å².